The Bertz CT molecular complexity index is 279. The highest BCUT2D eigenvalue weighted by atomic mass is 32.2. The minimum Gasteiger partial charge on any atom is -0.388 e. The number of hydrogen-bond acceptors (Lipinski definition) is 5. The van der Waals surface area contributed by atoms with Crippen LogP contribution in [0.2, 0.25) is 0 Å². The highest BCUT2D eigenvalue weighted by Crippen LogP contribution is 2.24. The van der Waals surface area contributed by atoms with Gasteiger partial charge in [-0.1, -0.05) is 0 Å². The maximum Gasteiger partial charge on any atom is 0.523 e. The summed E-state index contributed by atoms with van der Waals surface area (Å²) in [5, 5.41) is 8.03. The molecule has 1 N–H and O–H groups in total. The molecule has 0 rings (SSSR count). The largest absolute Gasteiger partial charge is 0.523 e. The first kappa shape index (κ1) is 12.3. The van der Waals surface area contributed by atoms with Crippen LogP contribution in [0.15, 0.2) is 0 Å². The Kier molecular flexibility index (Phi) is 3.82. The fourth-order valence-corrected chi connectivity index (χ4v) is 0.676. The molecule has 0 bridgehead atoms. The molecule has 0 atom stereocenters. The van der Waals surface area contributed by atoms with Gasteiger partial charge in [0.15, 0.2) is 5.78 Å². The van der Waals surface area contributed by atoms with Crippen LogP contribution >= 0.6 is 0 Å². The van der Waals surface area contributed by atoms with Gasteiger partial charge >= 0.3 is 15.6 Å². The average Bonchev–Trinajstić information content (AvgIpc) is 1.98. The molecule has 0 aliphatic heterocycles. The molecule has 0 aliphatic rings. The van der Waals surface area contributed by atoms with Crippen molar-refractivity contribution in [2.45, 2.75) is 5.51 Å². The number of Topliss-reactive ketones (excluding diaryl/α,β-unsaturated/α-hetero) is 1. The van der Waals surface area contributed by atoms with E-state index >= 15 is 0 Å². The first-order valence-electron chi connectivity index (χ1n) is 2.79. The Balaban J connectivity index is 4.30. The van der Waals surface area contributed by atoms with E-state index in [0.29, 0.717) is 0 Å². The van der Waals surface area contributed by atoms with E-state index in [1.54, 1.807) is 0 Å². The van der Waals surface area contributed by atoms with Crippen molar-refractivity contribution in [2.24, 2.45) is 0 Å². The summed E-state index contributed by atoms with van der Waals surface area (Å²) in [5.74, 6) is -1.16. The summed E-state index contributed by atoms with van der Waals surface area (Å²) in [6, 6.07) is 0. The van der Waals surface area contributed by atoms with Crippen molar-refractivity contribution in [3.8, 4) is 0 Å². The molecular weight excluding hydrogens is 217 g/mol. The zero-order valence-electron chi connectivity index (χ0n) is 6.04. The first-order valence-corrected chi connectivity index (χ1v) is 4.20. The van der Waals surface area contributed by atoms with E-state index in [1.165, 1.54) is 0 Å². The molecule has 13 heavy (non-hydrogen) atoms. The second-order valence-electron chi connectivity index (χ2n) is 1.86. The minimum absolute atomic E-state index is 1.08. The zero-order chi connectivity index (χ0) is 10.7. The number of ketones is 1. The average molecular weight is 222 g/mol. The number of halogens is 3. The Morgan fingerprint density at radius 2 is 1.85 bits per heavy atom. The summed E-state index contributed by atoms with van der Waals surface area (Å²) < 4.78 is 58.0. The lowest BCUT2D eigenvalue weighted by molar-refractivity contribution is -0.124. The van der Waals surface area contributed by atoms with Gasteiger partial charge in [0, 0.05) is 0 Å². The number of carbonyl (C=O) groups excluding carboxylic acids is 1. The lowest BCUT2D eigenvalue weighted by Crippen LogP contribution is -2.28. The van der Waals surface area contributed by atoms with E-state index in [0.717, 1.165) is 0 Å². The fraction of sp³-hybridized carbons (Fsp3) is 0.750. The predicted molar refractivity (Wildman–Crippen MR) is 33.0 cm³/mol. The molecule has 0 saturated heterocycles. The predicted octanol–water partition coefficient (Wildman–Crippen LogP) is -0.586. The van der Waals surface area contributed by atoms with Crippen molar-refractivity contribution in [3.63, 3.8) is 0 Å². The maximum atomic E-state index is 11.5. The Morgan fingerprint density at radius 1 is 1.38 bits per heavy atom. The Labute approximate surface area is 71.2 Å². The molecule has 0 radical (unpaired) electrons. The quantitative estimate of drug-likeness (QED) is 0.508. The molecule has 78 valence electrons. The molecule has 0 spiro atoms. The standard InChI is InChI=1S/C4H5F3O5S/c5-4(6,7)13(10,11)12-2-3(9)1-8/h8H,1-2H2. The van der Waals surface area contributed by atoms with Gasteiger partial charge < -0.3 is 5.11 Å². The highest BCUT2D eigenvalue weighted by molar-refractivity contribution is 7.87. The number of aliphatic hydroxyl groups is 1. The second-order valence-corrected chi connectivity index (χ2v) is 3.47. The van der Waals surface area contributed by atoms with Gasteiger partial charge in [-0.15, -0.1) is 0 Å². The lowest BCUT2D eigenvalue weighted by atomic mass is 10.5. The number of hydrogen-bond donors (Lipinski definition) is 1. The normalized spacial score (nSPS) is 12.9. The minimum atomic E-state index is -5.73. The molecule has 0 aromatic rings. The molecule has 0 aromatic carbocycles. The molecule has 0 aromatic heterocycles. The van der Waals surface area contributed by atoms with Crippen LogP contribution in [0.5, 0.6) is 0 Å². The van der Waals surface area contributed by atoms with E-state index in [1.807, 2.05) is 0 Å². The van der Waals surface area contributed by atoms with Gasteiger partial charge in [-0.25, -0.2) is 0 Å². The number of carbonyl (C=O) groups is 1. The van der Waals surface area contributed by atoms with Crippen molar-refractivity contribution in [1.82, 2.24) is 0 Å². The van der Waals surface area contributed by atoms with E-state index in [-0.39, 0.29) is 0 Å². The van der Waals surface area contributed by atoms with Gasteiger partial charge in [0.25, 0.3) is 0 Å². The Hall–Kier alpha value is -0.670. The van der Waals surface area contributed by atoms with Crippen LogP contribution in [0.1, 0.15) is 0 Å². The van der Waals surface area contributed by atoms with Crippen molar-refractivity contribution in [1.29, 1.82) is 0 Å². The third kappa shape index (κ3) is 3.70. The SMILES string of the molecule is O=C(CO)COS(=O)(=O)C(F)(F)F. The number of rotatable bonds is 4. The summed E-state index contributed by atoms with van der Waals surface area (Å²) in [6.45, 7) is -2.40. The molecule has 0 fully saturated rings. The van der Waals surface area contributed by atoms with Crippen LogP contribution in [0.25, 0.3) is 0 Å². The fourth-order valence-electron chi connectivity index (χ4n) is 0.256. The van der Waals surface area contributed by atoms with Gasteiger partial charge in [0.05, 0.1) is 0 Å². The van der Waals surface area contributed by atoms with Crippen LogP contribution in [0, 0.1) is 0 Å². The molecule has 5 nitrogen and oxygen atoms in total. The van der Waals surface area contributed by atoms with Gasteiger partial charge in [0.1, 0.15) is 13.2 Å². The maximum absolute atomic E-state index is 11.5. The van der Waals surface area contributed by atoms with Gasteiger partial charge in [-0.05, 0) is 0 Å². The van der Waals surface area contributed by atoms with Crippen molar-refractivity contribution >= 4 is 15.9 Å². The summed E-state index contributed by atoms with van der Waals surface area (Å²) in [4.78, 5) is 10.2. The molecule has 0 heterocycles. The van der Waals surface area contributed by atoms with Crippen molar-refractivity contribution in [3.05, 3.63) is 0 Å². The molecule has 0 aliphatic carbocycles. The molecule has 0 amide bonds. The molecule has 9 heteroatoms. The van der Waals surface area contributed by atoms with Crippen LogP contribution in [-0.2, 0) is 19.1 Å². The molecule has 0 unspecified atom stereocenters. The van der Waals surface area contributed by atoms with Gasteiger partial charge in [-0.2, -0.15) is 21.6 Å². The van der Waals surface area contributed by atoms with Crippen molar-refractivity contribution < 1.29 is 35.7 Å². The number of alkyl halides is 3. The summed E-state index contributed by atoms with van der Waals surface area (Å²) in [6.07, 6.45) is 0. The Morgan fingerprint density at radius 3 is 2.15 bits per heavy atom. The van der Waals surface area contributed by atoms with Crippen LogP contribution in [0.3, 0.4) is 0 Å². The third-order valence-electron chi connectivity index (χ3n) is 0.835. The van der Waals surface area contributed by atoms with E-state index in [9.17, 15) is 26.4 Å². The van der Waals surface area contributed by atoms with E-state index in [4.69, 9.17) is 5.11 Å². The topological polar surface area (TPSA) is 80.7 Å². The smallest absolute Gasteiger partial charge is 0.388 e. The molecule has 0 saturated carbocycles. The van der Waals surface area contributed by atoms with E-state index < -0.39 is 34.6 Å². The van der Waals surface area contributed by atoms with Crippen LogP contribution in [0.4, 0.5) is 13.2 Å². The van der Waals surface area contributed by atoms with Crippen molar-refractivity contribution in [2.75, 3.05) is 13.2 Å². The van der Waals surface area contributed by atoms with Crippen LogP contribution in [-0.4, -0.2) is 38.0 Å². The van der Waals surface area contributed by atoms with Crippen LogP contribution < -0.4 is 0 Å². The lowest BCUT2D eigenvalue weighted by Gasteiger charge is -2.06. The third-order valence-corrected chi connectivity index (χ3v) is 1.83. The van der Waals surface area contributed by atoms with E-state index in [2.05, 4.69) is 4.18 Å². The summed E-state index contributed by atoms with van der Waals surface area (Å²) >= 11 is 0. The first-order chi connectivity index (χ1) is 5.70. The monoisotopic (exact) mass is 222 g/mol. The summed E-state index contributed by atoms with van der Waals surface area (Å²) in [7, 11) is -5.73. The van der Waals surface area contributed by atoms with Gasteiger partial charge in [-0.3, -0.25) is 8.98 Å². The second kappa shape index (κ2) is 4.03. The number of aliphatic hydroxyl groups excluding tert-OH is 1. The van der Waals surface area contributed by atoms with Gasteiger partial charge in [0.2, 0.25) is 0 Å². The highest BCUT2D eigenvalue weighted by Gasteiger charge is 2.47. The summed E-state index contributed by atoms with van der Waals surface area (Å²) in [5.41, 5.74) is -5.55. The molecular formula is C4H5F3O5S. The zero-order valence-corrected chi connectivity index (χ0v) is 6.85.